The van der Waals surface area contributed by atoms with E-state index in [1.807, 2.05) is 6.92 Å². The average Bonchev–Trinajstić information content (AvgIpc) is 2.71. The molecule has 5 nitrogen and oxygen atoms in total. The number of aromatic nitrogens is 2. The summed E-state index contributed by atoms with van der Waals surface area (Å²) in [5, 5.41) is 0. The molecule has 1 aromatic heterocycles. The molecule has 1 aliphatic heterocycles. The lowest BCUT2D eigenvalue weighted by atomic mass is 10.1. The fourth-order valence-corrected chi connectivity index (χ4v) is 2.53. The Morgan fingerprint density at radius 1 is 1.53 bits per heavy atom. The van der Waals surface area contributed by atoms with E-state index in [2.05, 4.69) is 21.8 Å². The summed E-state index contributed by atoms with van der Waals surface area (Å²) in [4.78, 5) is 10.8. The molecule has 2 rings (SSSR count). The number of anilines is 1. The Hall–Kier alpha value is -1.36. The molecule has 0 saturated carbocycles. The molecular formula is C12H20N4O. The first-order valence-corrected chi connectivity index (χ1v) is 5.99. The van der Waals surface area contributed by atoms with Crippen molar-refractivity contribution in [3.63, 3.8) is 0 Å². The van der Waals surface area contributed by atoms with Crippen molar-refractivity contribution in [3.8, 4) is 5.88 Å². The highest BCUT2D eigenvalue weighted by atomic mass is 16.5. The van der Waals surface area contributed by atoms with Crippen LogP contribution in [0.3, 0.4) is 0 Å². The van der Waals surface area contributed by atoms with Gasteiger partial charge in [0.25, 0.3) is 0 Å². The smallest absolute Gasteiger partial charge is 0.221 e. The maximum atomic E-state index is 5.75. The standard InChI is InChI=1S/C12H20N4O/c1-8-4-10(5-13)6-16(8)11-9(2)12(17-3)15-7-14-11/h7-8,10H,4-6,13H2,1-3H3. The number of rotatable bonds is 3. The molecule has 2 heterocycles. The zero-order valence-corrected chi connectivity index (χ0v) is 10.7. The van der Waals surface area contributed by atoms with Crippen LogP contribution in [0.5, 0.6) is 5.88 Å². The van der Waals surface area contributed by atoms with Crippen LogP contribution in [-0.2, 0) is 0 Å². The van der Waals surface area contributed by atoms with Gasteiger partial charge in [-0.2, -0.15) is 0 Å². The molecule has 0 aliphatic carbocycles. The Bertz CT molecular complexity index is 396. The van der Waals surface area contributed by atoms with E-state index in [1.54, 1.807) is 13.4 Å². The molecule has 0 aromatic carbocycles. The molecule has 0 radical (unpaired) electrons. The third-order valence-electron chi connectivity index (χ3n) is 3.47. The summed E-state index contributed by atoms with van der Waals surface area (Å²) in [6, 6.07) is 0.474. The van der Waals surface area contributed by atoms with E-state index in [0.717, 1.165) is 30.9 Å². The average molecular weight is 236 g/mol. The van der Waals surface area contributed by atoms with E-state index in [-0.39, 0.29) is 0 Å². The van der Waals surface area contributed by atoms with Crippen LogP contribution < -0.4 is 15.4 Å². The second-order valence-corrected chi connectivity index (χ2v) is 4.67. The second kappa shape index (κ2) is 4.87. The number of ether oxygens (including phenoxy) is 1. The minimum atomic E-state index is 0.474. The van der Waals surface area contributed by atoms with E-state index in [1.165, 1.54) is 0 Å². The van der Waals surface area contributed by atoms with Crippen molar-refractivity contribution in [2.24, 2.45) is 11.7 Å². The van der Waals surface area contributed by atoms with Gasteiger partial charge in [0, 0.05) is 12.6 Å². The third kappa shape index (κ3) is 2.20. The molecule has 1 saturated heterocycles. The summed E-state index contributed by atoms with van der Waals surface area (Å²) in [6.07, 6.45) is 2.69. The van der Waals surface area contributed by atoms with Gasteiger partial charge < -0.3 is 15.4 Å². The van der Waals surface area contributed by atoms with Gasteiger partial charge in [0.15, 0.2) is 0 Å². The lowest BCUT2D eigenvalue weighted by molar-refractivity contribution is 0.393. The fraction of sp³-hybridized carbons (Fsp3) is 0.667. The quantitative estimate of drug-likeness (QED) is 0.847. The third-order valence-corrected chi connectivity index (χ3v) is 3.47. The fourth-order valence-electron chi connectivity index (χ4n) is 2.53. The topological polar surface area (TPSA) is 64.3 Å². The van der Waals surface area contributed by atoms with Crippen molar-refractivity contribution < 1.29 is 4.74 Å². The van der Waals surface area contributed by atoms with Gasteiger partial charge in [-0.3, -0.25) is 0 Å². The van der Waals surface area contributed by atoms with Crippen LogP contribution >= 0.6 is 0 Å². The molecule has 0 bridgehead atoms. The Kier molecular flexibility index (Phi) is 3.47. The van der Waals surface area contributed by atoms with Crippen molar-refractivity contribution in [1.82, 2.24) is 9.97 Å². The molecule has 1 aliphatic rings. The molecule has 2 N–H and O–H groups in total. The van der Waals surface area contributed by atoms with E-state index in [9.17, 15) is 0 Å². The molecule has 5 heteroatoms. The van der Waals surface area contributed by atoms with Crippen LogP contribution in [0.4, 0.5) is 5.82 Å². The minimum Gasteiger partial charge on any atom is -0.481 e. The van der Waals surface area contributed by atoms with Crippen molar-refractivity contribution in [2.75, 3.05) is 25.1 Å². The number of nitrogens with zero attached hydrogens (tertiary/aromatic N) is 3. The monoisotopic (exact) mass is 236 g/mol. The van der Waals surface area contributed by atoms with Gasteiger partial charge in [-0.1, -0.05) is 0 Å². The maximum Gasteiger partial charge on any atom is 0.221 e. The molecule has 0 spiro atoms. The Labute approximate surface area is 102 Å². The summed E-state index contributed by atoms with van der Waals surface area (Å²) in [5.41, 5.74) is 6.75. The highest BCUT2D eigenvalue weighted by molar-refractivity contribution is 5.51. The zero-order valence-electron chi connectivity index (χ0n) is 10.7. The summed E-state index contributed by atoms with van der Waals surface area (Å²) in [7, 11) is 1.63. The van der Waals surface area contributed by atoms with Crippen LogP contribution in [0.25, 0.3) is 0 Å². The summed E-state index contributed by atoms with van der Waals surface area (Å²) in [5.74, 6) is 2.18. The van der Waals surface area contributed by atoms with Gasteiger partial charge >= 0.3 is 0 Å². The van der Waals surface area contributed by atoms with Crippen LogP contribution in [0.2, 0.25) is 0 Å². The van der Waals surface area contributed by atoms with Crippen LogP contribution in [0.15, 0.2) is 6.33 Å². The van der Waals surface area contributed by atoms with Crippen molar-refractivity contribution >= 4 is 5.82 Å². The second-order valence-electron chi connectivity index (χ2n) is 4.67. The van der Waals surface area contributed by atoms with Gasteiger partial charge in [-0.25, -0.2) is 9.97 Å². The number of methoxy groups -OCH3 is 1. The first-order valence-electron chi connectivity index (χ1n) is 5.99. The van der Waals surface area contributed by atoms with Gasteiger partial charge in [0.05, 0.1) is 12.7 Å². The van der Waals surface area contributed by atoms with Crippen molar-refractivity contribution in [1.29, 1.82) is 0 Å². The molecule has 2 unspecified atom stereocenters. The zero-order chi connectivity index (χ0) is 12.4. The lowest BCUT2D eigenvalue weighted by Crippen LogP contribution is -2.29. The van der Waals surface area contributed by atoms with Gasteiger partial charge in [0.1, 0.15) is 12.1 Å². The SMILES string of the molecule is COc1ncnc(N2CC(CN)CC2C)c1C. The highest BCUT2D eigenvalue weighted by Gasteiger charge is 2.30. The maximum absolute atomic E-state index is 5.75. The molecule has 1 fully saturated rings. The number of hydrogen-bond donors (Lipinski definition) is 1. The van der Waals surface area contributed by atoms with Crippen molar-refractivity contribution in [2.45, 2.75) is 26.3 Å². The molecule has 2 atom stereocenters. The van der Waals surface area contributed by atoms with Gasteiger partial charge in [-0.15, -0.1) is 0 Å². The predicted molar refractivity (Wildman–Crippen MR) is 67.3 cm³/mol. The minimum absolute atomic E-state index is 0.474. The van der Waals surface area contributed by atoms with Gasteiger partial charge in [0.2, 0.25) is 5.88 Å². The Balaban J connectivity index is 2.28. The normalized spacial score (nSPS) is 24.1. The first kappa shape index (κ1) is 12.1. The van der Waals surface area contributed by atoms with E-state index < -0.39 is 0 Å². The molecule has 0 amide bonds. The van der Waals surface area contributed by atoms with Gasteiger partial charge in [-0.05, 0) is 32.7 Å². The van der Waals surface area contributed by atoms with E-state index in [4.69, 9.17) is 10.5 Å². The Morgan fingerprint density at radius 3 is 2.88 bits per heavy atom. The van der Waals surface area contributed by atoms with E-state index >= 15 is 0 Å². The summed E-state index contributed by atoms with van der Waals surface area (Å²) >= 11 is 0. The molecule has 1 aromatic rings. The van der Waals surface area contributed by atoms with Crippen molar-refractivity contribution in [3.05, 3.63) is 11.9 Å². The predicted octanol–water partition coefficient (Wildman–Crippen LogP) is 0.967. The number of hydrogen-bond acceptors (Lipinski definition) is 5. The van der Waals surface area contributed by atoms with Crippen LogP contribution in [0.1, 0.15) is 18.9 Å². The van der Waals surface area contributed by atoms with Crippen LogP contribution in [-0.4, -0.2) is 36.2 Å². The number of nitrogens with two attached hydrogens (primary N) is 1. The largest absolute Gasteiger partial charge is 0.481 e. The molecule has 17 heavy (non-hydrogen) atoms. The van der Waals surface area contributed by atoms with Crippen LogP contribution in [0, 0.1) is 12.8 Å². The molecule has 94 valence electrons. The lowest BCUT2D eigenvalue weighted by Gasteiger charge is -2.24. The summed E-state index contributed by atoms with van der Waals surface area (Å²) < 4.78 is 5.23. The first-order chi connectivity index (χ1) is 8.17. The highest BCUT2D eigenvalue weighted by Crippen LogP contribution is 2.31. The Morgan fingerprint density at radius 2 is 2.29 bits per heavy atom. The summed E-state index contributed by atoms with van der Waals surface area (Å²) in [6.45, 7) is 5.92. The molecular weight excluding hydrogens is 216 g/mol. The van der Waals surface area contributed by atoms with E-state index in [0.29, 0.717) is 17.8 Å².